The van der Waals surface area contributed by atoms with Crippen molar-refractivity contribution in [1.82, 2.24) is 14.0 Å². The molecule has 1 N–H and O–H groups in total. The van der Waals surface area contributed by atoms with Crippen LogP contribution >= 0.6 is 0 Å². The average Bonchev–Trinajstić information content (AvgIpc) is 2.38. The van der Waals surface area contributed by atoms with Crippen LogP contribution in [0.3, 0.4) is 0 Å². The summed E-state index contributed by atoms with van der Waals surface area (Å²) in [6.07, 6.45) is 3.24. The number of carbonyl (C=O) groups excluding carboxylic acids is 1. The molecule has 2 rings (SSSR count). The molecule has 1 aromatic rings. The van der Waals surface area contributed by atoms with Gasteiger partial charge in [-0.05, 0) is 20.8 Å². The van der Waals surface area contributed by atoms with Gasteiger partial charge in [-0.1, -0.05) is 6.08 Å². The molecule has 0 unspecified atom stereocenters. The Kier molecular flexibility index (Phi) is 3.52. The molecule has 1 aliphatic heterocycles. The Morgan fingerprint density at radius 2 is 1.85 bits per heavy atom. The summed E-state index contributed by atoms with van der Waals surface area (Å²) < 4.78 is 2.12. The van der Waals surface area contributed by atoms with E-state index in [0.717, 1.165) is 4.57 Å². The highest BCUT2D eigenvalue weighted by atomic mass is 16.3. The zero-order valence-electron chi connectivity index (χ0n) is 11.7. The minimum absolute atomic E-state index is 0.235. The van der Waals surface area contributed by atoms with Gasteiger partial charge in [0.2, 0.25) is 5.75 Å². The number of hydrogen-bond donors (Lipinski definition) is 1. The van der Waals surface area contributed by atoms with Crippen LogP contribution in [-0.2, 0) is 6.54 Å². The smallest absolute Gasteiger partial charge is 0.332 e. The third-order valence-electron chi connectivity index (χ3n) is 3.23. The Hall–Kier alpha value is -2.31. The fourth-order valence-corrected chi connectivity index (χ4v) is 2.30. The molecule has 7 nitrogen and oxygen atoms in total. The number of nitrogens with zero attached hydrogens (tertiary/aromatic N) is 3. The van der Waals surface area contributed by atoms with E-state index >= 15 is 0 Å². The first-order valence-electron chi connectivity index (χ1n) is 6.42. The van der Waals surface area contributed by atoms with E-state index in [9.17, 15) is 19.5 Å². The van der Waals surface area contributed by atoms with Crippen LogP contribution in [0.15, 0.2) is 21.9 Å². The fraction of sp³-hybridized carbons (Fsp3) is 0.462. The highest BCUT2D eigenvalue weighted by Crippen LogP contribution is 2.18. The topological polar surface area (TPSA) is 84.5 Å². The van der Waals surface area contributed by atoms with Gasteiger partial charge in [-0.25, -0.2) is 4.79 Å². The Bertz CT molecular complexity index is 697. The molecule has 7 heteroatoms. The molecule has 0 aromatic carbocycles. The predicted molar refractivity (Wildman–Crippen MR) is 72.9 cm³/mol. The predicted octanol–water partition coefficient (Wildman–Crippen LogP) is 0.286. The summed E-state index contributed by atoms with van der Waals surface area (Å²) in [5, 5.41) is 9.99. The monoisotopic (exact) mass is 279 g/mol. The second kappa shape index (κ2) is 4.99. The zero-order valence-corrected chi connectivity index (χ0v) is 11.7. The summed E-state index contributed by atoms with van der Waals surface area (Å²) >= 11 is 0. The second-order valence-corrected chi connectivity index (χ2v) is 4.88. The van der Waals surface area contributed by atoms with Gasteiger partial charge in [0.15, 0.2) is 5.69 Å². The maximum Gasteiger partial charge on any atom is 0.332 e. The van der Waals surface area contributed by atoms with E-state index in [4.69, 9.17) is 0 Å². The van der Waals surface area contributed by atoms with Crippen LogP contribution < -0.4 is 11.2 Å². The summed E-state index contributed by atoms with van der Waals surface area (Å²) in [4.78, 5) is 37.9. The van der Waals surface area contributed by atoms with E-state index in [2.05, 4.69) is 0 Å². The van der Waals surface area contributed by atoms with Crippen molar-refractivity contribution >= 4 is 5.91 Å². The van der Waals surface area contributed by atoms with Crippen LogP contribution in [0.5, 0.6) is 5.75 Å². The quantitative estimate of drug-likeness (QED) is 0.843. The van der Waals surface area contributed by atoms with E-state index in [1.807, 2.05) is 0 Å². The van der Waals surface area contributed by atoms with Crippen LogP contribution in [-0.4, -0.2) is 31.6 Å². The van der Waals surface area contributed by atoms with Crippen molar-refractivity contribution < 1.29 is 9.90 Å². The Morgan fingerprint density at radius 1 is 1.20 bits per heavy atom. The third kappa shape index (κ3) is 1.95. The first kappa shape index (κ1) is 14.1. The fourth-order valence-electron chi connectivity index (χ4n) is 2.30. The van der Waals surface area contributed by atoms with E-state index in [1.54, 1.807) is 33.0 Å². The van der Waals surface area contributed by atoms with Gasteiger partial charge < -0.3 is 10.0 Å². The number of aromatic nitrogens is 2. The molecule has 108 valence electrons. The standard InChI is InChI=1S/C13H17N3O4/c1-4-5-14-6-7-15-9(11(14)18)10(17)12(19)16(8(2)3)13(15)20/h4-5,8,17H,6-7H2,1-3H3/b5-4-. The molecule has 0 aliphatic carbocycles. The van der Waals surface area contributed by atoms with Gasteiger partial charge in [-0.2, -0.15) is 0 Å². The molecule has 1 aromatic heterocycles. The lowest BCUT2D eigenvalue weighted by atomic mass is 10.2. The number of hydrogen-bond acceptors (Lipinski definition) is 4. The highest BCUT2D eigenvalue weighted by Gasteiger charge is 2.31. The number of allylic oxidation sites excluding steroid dienone is 1. The van der Waals surface area contributed by atoms with Gasteiger partial charge in [0.05, 0.1) is 0 Å². The molecule has 0 fully saturated rings. The molecule has 0 bridgehead atoms. The number of aromatic hydroxyl groups is 1. The molecular formula is C13H17N3O4. The summed E-state index contributed by atoms with van der Waals surface area (Å²) in [7, 11) is 0. The molecule has 0 spiro atoms. The number of rotatable bonds is 2. The minimum atomic E-state index is -0.827. The largest absolute Gasteiger partial charge is 0.501 e. The summed E-state index contributed by atoms with van der Waals surface area (Å²) in [6.45, 7) is 5.67. The molecule has 0 saturated carbocycles. The lowest BCUT2D eigenvalue weighted by molar-refractivity contribution is 0.0767. The zero-order chi connectivity index (χ0) is 15.0. The SMILES string of the molecule is C/C=C\N1CCn2c(c(O)c(=O)n(C(C)C)c2=O)C1=O. The molecule has 20 heavy (non-hydrogen) atoms. The van der Waals surface area contributed by atoms with Crippen molar-refractivity contribution in [2.75, 3.05) is 6.54 Å². The van der Waals surface area contributed by atoms with Crippen molar-refractivity contribution in [3.63, 3.8) is 0 Å². The molecule has 0 atom stereocenters. The molecule has 1 aliphatic rings. The number of fused-ring (bicyclic) bond motifs is 1. The van der Waals surface area contributed by atoms with Crippen molar-refractivity contribution in [3.8, 4) is 5.75 Å². The minimum Gasteiger partial charge on any atom is -0.501 e. The lowest BCUT2D eigenvalue weighted by Crippen LogP contribution is -2.49. The van der Waals surface area contributed by atoms with Gasteiger partial charge in [0.25, 0.3) is 11.5 Å². The van der Waals surface area contributed by atoms with Crippen molar-refractivity contribution in [2.45, 2.75) is 33.4 Å². The van der Waals surface area contributed by atoms with Crippen LogP contribution in [0.4, 0.5) is 0 Å². The van der Waals surface area contributed by atoms with Gasteiger partial charge in [-0.3, -0.25) is 18.7 Å². The number of amides is 1. The summed E-state index contributed by atoms with van der Waals surface area (Å²) in [5.74, 6) is -1.21. The third-order valence-corrected chi connectivity index (χ3v) is 3.23. The average molecular weight is 279 g/mol. The Morgan fingerprint density at radius 3 is 2.40 bits per heavy atom. The van der Waals surface area contributed by atoms with Crippen molar-refractivity contribution in [2.24, 2.45) is 0 Å². The summed E-state index contributed by atoms with van der Waals surface area (Å²) in [5.41, 5.74) is -1.63. The molecule has 0 saturated heterocycles. The van der Waals surface area contributed by atoms with Gasteiger partial charge in [0, 0.05) is 25.3 Å². The maximum absolute atomic E-state index is 12.3. The molecule has 0 radical (unpaired) electrons. The van der Waals surface area contributed by atoms with E-state index in [1.165, 1.54) is 9.47 Å². The van der Waals surface area contributed by atoms with E-state index in [-0.39, 0.29) is 18.3 Å². The second-order valence-electron chi connectivity index (χ2n) is 4.88. The van der Waals surface area contributed by atoms with E-state index < -0.39 is 22.9 Å². The normalized spacial score (nSPS) is 15.2. The van der Waals surface area contributed by atoms with Gasteiger partial charge in [0.1, 0.15) is 0 Å². The first-order chi connectivity index (χ1) is 9.40. The first-order valence-corrected chi connectivity index (χ1v) is 6.42. The van der Waals surface area contributed by atoms with Crippen molar-refractivity contribution in [3.05, 3.63) is 38.8 Å². The van der Waals surface area contributed by atoms with Crippen LogP contribution in [0.2, 0.25) is 0 Å². The van der Waals surface area contributed by atoms with Gasteiger partial charge >= 0.3 is 5.69 Å². The van der Waals surface area contributed by atoms with Crippen LogP contribution in [0, 0.1) is 0 Å². The van der Waals surface area contributed by atoms with Crippen LogP contribution in [0.1, 0.15) is 37.3 Å². The lowest BCUT2D eigenvalue weighted by Gasteiger charge is -2.28. The molecule has 1 amide bonds. The Balaban J connectivity index is 2.75. The van der Waals surface area contributed by atoms with Crippen molar-refractivity contribution in [1.29, 1.82) is 0 Å². The summed E-state index contributed by atoms with van der Waals surface area (Å²) in [6, 6.07) is -0.387. The highest BCUT2D eigenvalue weighted by molar-refractivity contribution is 5.96. The van der Waals surface area contributed by atoms with E-state index in [0.29, 0.717) is 6.54 Å². The Labute approximate surface area is 115 Å². The maximum atomic E-state index is 12.3. The molecule has 2 heterocycles. The molecular weight excluding hydrogens is 262 g/mol. The number of carbonyl (C=O) groups is 1. The van der Waals surface area contributed by atoms with Crippen LogP contribution in [0.25, 0.3) is 0 Å². The van der Waals surface area contributed by atoms with Gasteiger partial charge in [-0.15, -0.1) is 0 Å².